The first kappa shape index (κ1) is 14.3. The van der Waals surface area contributed by atoms with Crippen molar-refractivity contribution in [3.8, 4) is 0 Å². The molecule has 1 N–H and O–H groups in total. The second-order valence-electron chi connectivity index (χ2n) is 3.10. The molecule has 0 unspecified atom stereocenters. The predicted octanol–water partition coefficient (Wildman–Crippen LogP) is 1.07. The first-order chi connectivity index (χ1) is 7.49. The van der Waals surface area contributed by atoms with Crippen LogP contribution in [-0.4, -0.2) is 34.4 Å². The quantitative estimate of drug-likeness (QED) is 0.422. The zero-order chi connectivity index (χ0) is 12.2. The molecule has 1 rings (SSSR count). The summed E-state index contributed by atoms with van der Waals surface area (Å²) in [6, 6.07) is 0. The van der Waals surface area contributed by atoms with E-state index in [0.29, 0.717) is 6.54 Å². The molecule has 9 heteroatoms. The maximum atomic E-state index is 11.9. The van der Waals surface area contributed by atoms with Crippen LogP contribution >= 0.6 is 38.5 Å². The molecule has 1 heterocycles. The molecule has 1 aromatic rings. The molecule has 92 valence electrons. The zero-order valence-corrected chi connectivity index (χ0v) is 13.2. The lowest BCUT2D eigenvalue weighted by Gasteiger charge is -2.05. The molecule has 0 aliphatic carbocycles. The van der Waals surface area contributed by atoms with Crippen LogP contribution in [0, 0.1) is 0 Å². The van der Waals surface area contributed by atoms with E-state index in [2.05, 4.69) is 53.6 Å². The fraction of sp³-hybridized carbons (Fsp3) is 0.714. The summed E-state index contributed by atoms with van der Waals surface area (Å²) in [4.78, 5) is 0. The summed E-state index contributed by atoms with van der Waals surface area (Å²) in [5.74, 6) is 0. The van der Waals surface area contributed by atoms with Crippen molar-refractivity contribution in [2.45, 2.75) is 17.9 Å². The summed E-state index contributed by atoms with van der Waals surface area (Å²) in [6.07, 6.45) is 1.82. The van der Waals surface area contributed by atoms with Gasteiger partial charge in [-0.25, -0.2) is 17.8 Å². The highest BCUT2D eigenvalue weighted by Gasteiger charge is 2.22. The van der Waals surface area contributed by atoms with Gasteiger partial charge in [0, 0.05) is 13.6 Å². The molecule has 0 radical (unpaired) electrons. The molecule has 6 nitrogen and oxygen atoms in total. The number of hydrogen-bond acceptors (Lipinski definition) is 4. The minimum Gasteiger partial charge on any atom is -0.235 e. The lowest BCUT2D eigenvalue weighted by molar-refractivity contribution is 0.558. The largest absolute Gasteiger partial charge is 0.260 e. The van der Waals surface area contributed by atoms with Gasteiger partial charge in [-0.15, -0.1) is 5.10 Å². The van der Waals surface area contributed by atoms with Crippen LogP contribution in [0.5, 0.6) is 0 Å². The van der Waals surface area contributed by atoms with E-state index >= 15 is 0 Å². The number of alkyl halides is 1. The van der Waals surface area contributed by atoms with E-state index in [0.717, 1.165) is 17.3 Å². The molecule has 0 fully saturated rings. The van der Waals surface area contributed by atoms with E-state index in [4.69, 9.17) is 0 Å². The number of unbranched alkanes of at least 4 members (excludes halogenated alkanes) is 1. The van der Waals surface area contributed by atoms with Crippen LogP contribution in [0.25, 0.3) is 0 Å². The first-order valence-electron chi connectivity index (χ1n) is 4.60. The number of aromatic nitrogens is 3. The summed E-state index contributed by atoms with van der Waals surface area (Å²) in [7, 11) is -1.98. The lowest BCUT2D eigenvalue weighted by Crippen LogP contribution is -2.27. The first-order valence-corrected chi connectivity index (χ1v) is 8.40. The topological polar surface area (TPSA) is 76.9 Å². The van der Waals surface area contributed by atoms with Gasteiger partial charge >= 0.3 is 0 Å². The van der Waals surface area contributed by atoms with E-state index < -0.39 is 10.0 Å². The summed E-state index contributed by atoms with van der Waals surface area (Å²) in [5, 5.41) is 7.32. The van der Waals surface area contributed by atoms with Gasteiger partial charge in [-0.2, -0.15) is 0 Å². The molecule has 1 aromatic heterocycles. The number of nitrogens with one attached hydrogen (secondary N) is 1. The third kappa shape index (κ3) is 3.64. The van der Waals surface area contributed by atoms with E-state index in [1.807, 2.05) is 0 Å². The fourth-order valence-electron chi connectivity index (χ4n) is 1.10. The standard InChI is InChI=1S/C7H12BrIN4O2S/c1-13-7(6(8)11-12-13)16(14,15)10-5-3-2-4-9/h10H,2-5H2,1H3. The van der Waals surface area contributed by atoms with Crippen LogP contribution in [0.1, 0.15) is 12.8 Å². The van der Waals surface area contributed by atoms with Crippen molar-refractivity contribution in [2.24, 2.45) is 7.05 Å². The van der Waals surface area contributed by atoms with E-state index in [1.165, 1.54) is 11.7 Å². The average molecular weight is 423 g/mol. The Morgan fingerprint density at radius 3 is 2.69 bits per heavy atom. The van der Waals surface area contributed by atoms with Crippen LogP contribution < -0.4 is 4.72 Å². The maximum absolute atomic E-state index is 11.9. The van der Waals surface area contributed by atoms with Gasteiger partial charge < -0.3 is 0 Å². The maximum Gasteiger partial charge on any atom is 0.260 e. The van der Waals surface area contributed by atoms with Crippen LogP contribution in [0.3, 0.4) is 0 Å². The SMILES string of the molecule is Cn1nnc(Br)c1S(=O)(=O)NCCCCI. The van der Waals surface area contributed by atoms with E-state index in [9.17, 15) is 8.42 Å². The van der Waals surface area contributed by atoms with Crippen LogP contribution in [0.2, 0.25) is 0 Å². The minimum absolute atomic E-state index is 0.0574. The molecule has 0 aliphatic rings. The molecule has 0 aliphatic heterocycles. The van der Waals surface area contributed by atoms with Gasteiger partial charge in [0.2, 0.25) is 5.03 Å². The van der Waals surface area contributed by atoms with Crippen LogP contribution in [0.4, 0.5) is 0 Å². The Bertz CT molecular complexity index is 428. The van der Waals surface area contributed by atoms with Gasteiger partial charge in [0.15, 0.2) is 4.60 Å². The highest BCUT2D eigenvalue weighted by atomic mass is 127. The highest BCUT2D eigenvalue weighted by molar-refractivity contribution is 14.1. The van der Waals surface area contributed by atoms with Gasteiger partial charge in [-0.05, 0) is 33.2 Å². The van der Waals surface area contributed by atoms with Crippen LogP contribution in [0.15, 0.2) is 9.63 Å². The monoisotopic (exact) mass is 422 g/mol. The number of aryl methyl sites for hydroxylation is 1. The van der Waals surface area contributed by atoms with Gasteiger partial charge in [0.05, 0.1) is 0 Å². The summed E-state index contributed by atoms with van der Waals surface area (Å²) in [5.41, 5.74) is 0. The summed E-state index contributed by atoms with van der Waals surface area (Å²) in [6.45, 7) is 0.433. The second kappa shape index (κ2) is 6.26. The molecule has 0 spiro atoms. The van der Waals surface area contributed by atoms with Gasteiger partial charge in [-0.1, -0.05) is 27.8 Å². The Balaban J connectivity index is 2.71. The Hall–Kier alpha value is 0.260. The fourth-order valence-corrected chi connectivity index (χ4v) is 3.81. The Labute approximate surface area is 116 Å². The third-order valence-electron chi connectivity index (χ3n) is 1.84. The molecule has 0 aromatic carbocycles. The number of halogens is 2. The van der Waals surface area contributed by atoms with Crippen LogP contribution in [-0.2, 0) is 17.1 Å². The number of hydrogen-bond donors (Lipinski definition) is 1. The summed E-state index contributed by atoms with van der Waals surface area (Å²) < 4.78 is 28.7. The van der Waals surface area contributed by atoms with Crippen molar-refractivity contribution in [2.75, 3.05) is 11.0 Å². The van der Waals surface area contributed by atoms with Gasteiger partial charge in [0.25, 0.3) is 10.0 Å². The average Bonchev–Trinajstić information content (AvgIpc) is 2.54. The van der Waals surface area contributed by atoms with Gasteiger partial charge in [-0.3, -0.25) is 0 Å². The molecular formula is C7H12BrIN4O2S. The number of rotatable bonds is 6. The molecular weight excluding hydrogens is 411 g/mol. The van der Waals surface area contributed by atoms with Gasteiger partial charge in [0.1, 0.15) is 0 Å². The van der Waals surface area contributed by atoms with Crippen molar-refractivity contribution < 1.29 is 8.42 Å². The highest BCUT2D eigenvalue weighted by Crippen LogP contribution is 2.17. The van der Waals surface area contributed by atoms with Crippen molar-refractivity contribution in [3.05, 3.63) is 4.60 Å². The predicted molar refractivity (Wildman–Crippen MR) is 72.0 cm³/mol. The minimum atomic E-state index is -3.52. The molecule has 0 amide bonds. The molecule has 0 atom stereocenters. The normalized spacial score (nSPS) is 11.9. The van der Waals surface area contributed by atoms with Crippen molar-refractivity contribution in [1.82, 2.24) is 19.7 Å². The molecule has 0 saturated carbocycles. The molecule has 0 saturated heterocycles. The Morgan fingerprint density at radius 1 is 1.50 bits per heavy atom. The summed E-state index contributed by atoms with van der Waals surface area (Å²) >= 11 is 5.32. The molecule has 0 bridgehead atoms. The Morgan fingerprint density at radius 2 is 2.19 bits per heavy atom. The second-order valence-corrected chi connectivity index (χ2v) is 6.62. The van der Waals surface area contributed by atoms with Crippen molar-refractivity contribution in [3.63, 3.8) is 0 Å². The molecule has 16 heavy (non-hydrogen) atoms. The van der Waals surface area contributed by atoms with Crippen molar-refractivity contribution >= 4 is 48.5 Å². The third-order valence-corrected chi connectivity index (χ3v) is 4.95. The van der Waals surface area contributed by atoms with Crippen molar-refractivity contribution in [1.29, 1.82) is 0 Å². The van der Waals surface area contributed by atoms with E-state index in [-0.39, 0.29) is 9.63 Å². The lowest BCUT2D eigenvalue weighted by atomic mass is 10.3. The number of nitrogens with zero attached hydrogens (tertiary/aromatic N) is 3. The van der Waals surface area contributed by atoms with E-state index in [1.54, 1.807) is 0 Å². The smallest absolute Gasteiger partial charge is 0.235 e. The Kier molecular flexibility index (Phi) is 5.61. The zero-order valence-electron chi connectivity index (χ0n) is 8.65. The number of sulfonamides is 1.